The summed E-state index contributed by atoms with van der Waals surface area (Å²) in [6.07, 6.45) is 0. The zero-order chi connectivity index (χ0) is 14.8. The molecule has 0 spiro atoms. The molecule has 2 rings (SSSR count). The Kier molecular flexibility index (Phi) is 4.33. The minimum Gasteiger partial charge on any atom is -0.466 e. The van der Waals surface area contributed by atoms with Gasteiger partial charge in [0.1, 0.15) is 0 Å². The highest BCUT2D eigenvalue weighted by Crippen LogP contribution is 2.32. The zero-order valence-corrected chi connectivity index (χ0v) is 12.2. The van der Waals surface area contributed by atoms with Crippen LogP contribution in [-0.2, 0) is 15.1 Å². The van der Waals surface area contributed by atoms with Crippen molar-refractivity contribution in [2.75, 3.05) is 7.11 Å². The summed E-state index contributed by atoms with van der Waals surface area (Å²) in [6.45, 7) is 0. The van der Waals surface area contributed by atoms with Crippen molar-refractivity contribution in [3.8, 4) is 0 Å². The van der Waals surface area contributed by atoms with Crippen molar-refractivity contribution in [3.05, 3.63) is 69.7 Å². The van der Waals surface area contributed by atoms with E-state index in [9.17, 15) is 9.90 Å². The molecule has 2 aromatic carbocycles. The molecule has 3 nitrogen and oxygen atoms in total. The Balaban J connectivity index is 2.58. The third kappa shape index (κ3) is 2.66. The second kappa shape index (κ2) is 5.83. The third-order valence-electron chi connectivity index (χ3n) is 3.00. The quantitative estimate of drug-likeness (QED) is 0.884. The van der Waals surface area contributed by atoms with E-state index in [4.69, 9.17) is 27.9 Å². The van der Waals surface area contributed by atoms with Crippen LogP contribution in [0.2, 0.25) is 10.0 Å². The van der Waals surface area contributed by atoms with Crippen LogP contribution in [0.15, 0.2) is 48.5 Å². The van der Waals surface area contributed by atoms with Gasteiger partial charge in [0.25, 0.3) is 0 Å². The predicted molar refractivity (Wildman–Crippen MR) is 77.9 cm³/mol. The predicted octanol–water partition coefficient (Wildman–Crippen LogP) is 3.40. The molecule has 0 heterocycles. The third-order valence-corrected chi connectivity index (χ3v) is 3.51. The summed E-state index contributed by atoms with van der Waals surface area (Å²) in [6, 6.07) is 12.7. The fourth-order valence-electron chi connectivity index (χ4n) is 1.93. The van der Waals surface area contributed by atoms with Crippen LogP contribution in [0.3, 0.4) is 0 Å². The van der Waals surface area contributed by atoms with E-state index in [0.29, 0.717) is 21.2 Å². The maximum Gasteiger partial charge on any atom is 0.347 e. The summed E-state index contributed by atoms with van der Waals surface area (Å²) in [5.41, 5.74) is -1.16. The number of hydrogen-bond acceptors (Lipinski definition) is 3. The molecule has 0 saturated heterocycles. The molecule has 0 atom stereocenters. The van der Waals surface area contributed by atoms with Crippen LogP contribution in [0.1, 0.15) is 11.1 Å². The number of carbonyl (C=O) groups is 1. The van der Waals surface area contributed by atoms with Gasteiger partial charge in [-0.25, -0.2) is 4.79 Å². The van der Waals surface area contributed by atoms with E-state index in [1.54, 1.807) is 48.5 Å². The Morgan fingerprint density at radius 1 is 0.950 bits per heavy atom. The van der Waals surface area contributed by atoms with Crippen LogP contribution >= 0.6 is 23.2 Å². The smallest absolute Gasteiger partial charge is 0.347 e. The molecular formula is C15H12Cl2O3. The molecule has 1 N–H and O–H groups in total. The van der Waals surface area contributed by atoms with Crippen LogP contribution in [0.5, 0.6) is 0 Å². The molecule has 0 amide bonds. The average Bonchev–Trinajstić information content (AvgIpc) is 2.47. The minimum absolute atomic E-state index is 0.371. The van der Waals surface area contributed by atoms with Gasteiger partial charge in [-0.3, -0.25) is 0 Å². The molecule has 0 bridgehead atoms. The second-order valence-electron chi connectivity index (χ2n) is 4.22. The molecule has 0 aliphatic carbocycles. The normalized spacial score (nSPS) is 11.2. The minimum atomic E-state index is -1.90. The van der Waals surface area contributed by atoms with Gasteiger partial charge in [0.05, 0.1) is 7.11 Å². The SMILES string of the molecule is COC(=O)C(O)(c1ccc(Cl)cc1)c1ccc(Cl)cc1. The van der Waals surface area contributed by atoms with Gasteiger partial charge < -0.3 is 9.84 Å². The van der Waals surface area contributed by atoms with E-state index in [0.717, 1.165) is 0 Å². The van der Waals surface area contributed by atoms with Crippen molar-refractivity contribution >= 4 is 29.2 Å². The first-order valence-corrected chi connectivity index (χ1v) is 6.57. The average molecular weight is 311 g/mol. The topological polar surface area (TPSA) is 46.5 Å². The van der Waals surface area contributed by atoms with Crippen LogP contribution in [-0.4, -0.2) is 18.2 Å². The molecule has 20 heavy (non-hydrogen) atoms. The van der Waals surface area contributed by atoms with Gasteiger partial charge in [-0.05, 0) is 35.4 Å². The number of benzene rings is 2. The lowest BCUT2D eigenvalue weighted by molar-refractivity contribution is -0.158. The molecule has 0 saturated carbocycles. The van der Waals surface area contributed by atoms with E-state index in [1.807, 2.05) is 0 Å². The lowest BCUT2D eigenvalue weighted by Crippen LogP contribution is -2.38. The van der Waals surface area contributed by atoms with E-state index >= 15 is 0 Å². The number of carbonyl (C=O) groups excluding carboxylic acids is 1. The van der Waals surface area contributed by atoms with Crippen molar-refractivity contribution in [3.63, 3.8) is 0 Å². The van der Waals surface area contributed by atoms with Crippen LogP contribution in [0.25, 0.3) is 0 Å². The lowest BCUT2D eigenvalue weighted by Gasteiger charge is -2.26. The highest BCUT2D eigenvalue weighted by molar-refractivity contribution is 6.30. The first kappa shape index (κ1) is 14.9. The van der Waals surface area contributed by atoms with Crippen molar-refractivity contribution in [1.82, 2.24) is 0 Å². The number of methoxy groups -OCH3 is 1. The van der Waals surface area contributed by atoms with Gasteiger partial charge in [-0.15, -0.1) is 0 Å². The largest absolute Gasteiger partial charge is 0.466 e. The summed E-state index contributed by atoms with van der Waals surface area (Å²) in [5, 5.41) is 11.9. The van der Waals surface area contributed by atoms with Crippen molar-refractivity contribution < 1.29 is 14.6 Å². The Morgan fingerprint density at radius 3 is 1.60 bits per heavy atom. The number of aliphatic hydroxyl groups is 1. The highest BCUT2D eigenvalue weighted by Gasteiger charge is 2.41. The van der Waals surface area contributed by atoms with E-state index in [1.165, 1.54) is 7.11 Å². The summed E-state index contributed by atoms with van der Waals surface area (Å²) in [4.78, 5) is 12.1. The molecule has 0 fully saturated rings. The van der Waals surface area contributed by atoms with Crippen molar-refractivity contribution in [1.29, 1.82) is 0 Å². The maximum absolute atomic E-state index is 12.1. The fourth-order valence-corrected chi connectivity index (χ4v) is 2.18. The van der Waals surface area contributed by atoms with E-state index < -0.39 is 11.6 Å². The molecule has 0 unspecified atom stereocenters. The first-order chi connectivity index (χ1) is 9.48. The van der Waals surface area contributed by atoms with Crippen LogP contribution in [0.4, 0.5) is 0 Å². The number of esters is 1. The Hall–Kier alpha value is -1.55. The Bertz CT molecular complexity index is 561. The van der Waals surface area contributed by atoms with Gasteiger partial charge in [-0.2, -0.15) is 0 Å². The molecule has 0 aliphatic heterocycles. The highest BCUT2D eigenvalue weighted by atomic mass is 35.5. The molecule has 2 aromatic rings. The van der Waals surface area contributed by atoms with Gasteiger partial charge in [0, 0.05) is 10.0 Å². The fraction of sp³-hybridized carbons (Fsp3) is 0.133. The summed E-state index contributed by atoms with van der Waals surface area (Å²) in [7, 11) is 1.22. The molecular weight excluding hydrogens is 299 g/mol. The van der Waals surface area contributed by atoms with Crippen LogP contribution < -0.4 is 0 Å². The summed E-state index contributed by atoms with van der Waals surface area (Å²) in [5.74, 6) is -0.776. The molecule has 0 aliphatic rings. The maximum atomic E-state index is 12.1. The van der Waals surface area contributed by atoms with Crippen molar-refractivity contribution in [2.45, 2.75) is 5.60 Å². The molecule has 0 aromatic heterocycles. The van der Waals surface area contributed by atoms with Gasteiger partial charge in [0.2, 0.25) is 5.60 Å². The number of halogens is 2. The van der Waals surface area contributed by atoms with Gasteiger partial charge in [-0.1, -0.05) is 47.5 Å². The standard InChI is InChI=1S/C15H12Cl2O3/c1-20-14(18)15(19,10-2-6-12(16)7-3-10)11-4-8-13(17)9-5-11/h2-9,19H,1H3. The monoisotopic (exact) mass is 310 g/mol. The molecule has 0 radical (unpaired) electrons. The zero-order valence-electron chi connectivity index (χ0n) is 10.6. The van der Waals surface area contributed by atoms with E-state index in [-0.39, 0.29) is 0 Å². The number of rotatable bonds is 3. The summed E-state index contributed by atoms with van der Waals surface area (Å²) >= 11 is 11.7. The summed E-state index contributed by atoms with van der Waals surface area (Å²) < 4.78 is 4.73. The van der Waals surface area contributed by atoms with Gasteiger partial charge >= 0.3 is 5.97 Å². The van der Waals surface area contributed by atoms with Gasteiger partial charge in [0.15, 0.2) is 0 Å². The lowest BCUT2D eigenvalue weighted by atomic mass is 9.86. The second-order valence-corrected chi connectivity index (χ2v) is 5.09. The Labute approximate surface area is 126 Å². The van der Waals surface area contributed by atoms with Crippen LogP contribution in [0, 0.1) is 0 Å². The number of ether oxygens (including phenoxy) is 1. The Morgan fingerprint density at radius 2 is 1.30 bits per heavy atom. The number of hydrogen-bond donors (Lipinski definition) is 1. The first-order valence-electron chi connectivity index (χ1n) is 5.81. The van der Waals surface area contributed by atoms with E-state index in [2.05, 4.69) is 0 Å². The van der Waals surface area contributed by atoms with Crippen molar-refractivity contribution in [2.24, 2.45) is 0 Å². The molecule has 104 valence electrons. The molecule has 5 heteroatoms.